The number of amides is 1. The highest BCUT2D eigenvalue weighted by Gasteiger charge is 2.31. The van der Waals surface area contributed by atoms with Gasteiger partial charge in [-0.3, -0.25) is 4.79 Å². The summed E-state index contributed by atoms with van der Waals surface area (Å²) >= 11 is 0. The Bertz CT molecular complexity index is 830. The van der Waals surface area contributed by atoms with Crippen LogP contribution in [0.15, 0.2) is 55.1 Å². The van der Waals surface area contributed by atoms with E-state index < -0.39 is 23.6 Å². The Balaban J connectivity index is 1.98. The van der Waals surface area contributed by atoms with Crippen molar-refractivity contribution >= 4 is 17.3 Å². The van der Waals surface area contributed by atoms with E-state index in [2.05, 4.69) is 11.9 Å². The van der Waals surface area contributed by atoms with Gasteiger partial charge in [0.2, 0.25) is 5.91 Å². The lowest BCUT2D eigenvalue weighted by Crippen LogP contribution is -2.46. The molecular weight excluding hydrogens is 348 g/mol. The van der Waals surface area contributed by atoms with Crippen LogP contribution in [0.3, 0.4) is 0 Å². The number of rotatable bonds is 3. The van der Waals surface area contributed by atoms with E-state index in [-0.39, 0.29) is 5.91 Å². The van der Waals surface area contributed by atoms with Crippen molar-refractivity contribution in [3.63, 3.8) is 0 Å². The van der Waals surface area contributed by atoms with E-state index in [4.69, 9.17) is 0 Å². The van der Waals surface area contributed by atoms with Crippen molar-refractivity contribution in [1.29, 1.82) is 0 Å². The van der Waals surface area contributed by atoms with Gasteiger partial charge in [0.15, 0.2) is 0 Å². The van der Waals surface area contributed by atoms with Crippen LogP contribution in [0.4, 0.5) is 28.9 Å². The second kappa shape index (κ2) is 6.82. The Labute approximate surface area is 147 Å². The molecule has 0 aromatic heterocycles. The summed E-state index contributed by atoms with van der Waals surface area (Å²) in [6, 6.07) is 8.84. The third kappa shape index (κ3) is 3.56. The maximum Gasteiger partial charge on any atom is 0.416 e. The predicted molar refractivity (Wildman–Crippen MR) is 90.7 cm³/mol. The van der Waals surface area contributed by atoms with E-state index in [1.54, 1.807) is 17.0 Å². The molecule has 0 spiro atoms. The first-order chi connectivity index (χ1) is 12.3. The van der Waals surface area contributed by atoms with Crippen LogP contribution in [0.5, 0.6) is 0 Å². The zero-order valence-corrected chi connectivity index (χ0v) is 13.7. The molecule has 0 radical (unpaired) electrons. The zero-order chi connectivity index (χ0) is 18.9. The van der Waals surface area contributed by atoms with Gasteiger partial charge in [-0.25, -0.2) is 4.39 Å². The van der Waals surface area contributed by atoms with Crippen LogP contribution >= 0.6 is 0 Å². The minimum absolute atomic E-state index is 0.290. The molecule has 3 nitrogen and oxygen atoms in total. The van der Waals surface area contributed by atoms with Crippen LogP contribution in [0.1, 0.15) is 11.1 Å². The maximum absolute atomic E-state index is 14.3. The quantitative estimate of drug-likeness (QED) is 0.654. The molecule has 0 saturated carbocycles. The van der Waals surface area contributed by atoms with Gasteiger partial charge >= 0.3 is 6.18 Å². The zero-order valence-electron chi connectivity index (χ0n) is 13.7. The van der Waals surface area contributed by atoms with E-state index in [1.165, 1.54) is 18.2 Å². The largest absolute Gasteiger partial charge is 0.416 e. The van der Waals surface area contributed by atoms with Crippen molar-refractivity contribution < 1.29 is 22.4 Å². The highest BCUT2D eigenvalue weighted by Crippen LogP contribution is 2.36. The SMILES string of the molecule is C=CC(=O)NC1Cc2c(F)cccc2N(c2ccc(C(F)(F)F)cc2)C1. The lowest BCUT2D eigenvalue weighted by Gasteiger charge is -2.36. The fourth-order valence-corrected chi connectivity index (χ4v) is 3.06. The molecule has 0 saturated heterocycles. The van der Waals surface area contributed by atoms with Crippen molar-refractivity contribution in [2.75, 3.05) is 11.4 Å². The first-order valence-electron chi connectivity index (χ1n) is 7.94. The van der Waals surface area contributed by atoms with Crippen LogP contribution < -0.4 is 10.2 Å². The Kier molecular flexibility index (Phi) is 4.71. The van der Waals surface area contributed by atoms with Crippen LogP contribution in [0.2, 0.25) is 0 Å². The highest BCUT2D eigenvalue weighted by molar-refractivity contribution is 5.87. The molecule has 0 aliphatic carbocycles. The smallest absolute Gasteiger partial charge is 0.348 e. The molecule has 2 aromatic carbocycles. The molecule has 2 aromatic rings. The number of halogens is 4. The van der Waals surface area contributed by atoms with Crippen molar-refractivity contribution in [2.45, 2.75) is 18.6 Å². The van der Waals surface area contributed by atoms with Crippen molar-refractivity contribution in [3.8, 4) is 0 Å². The monoisotopic (exact) mass is 364 g/mol. The van der Waals surface area contributed by atoms with Crippen LogP contribution in [0.25, 0.3) is 0 Å². The number of hydrogen-bond acceptors (Lipinski definition) is 2. The standard InChI is InChI=1S/C19H16F4N2O/c1-2-18(26)24-13-10-15-16(20)4-3-5-17(15)25(11-13)14-8-6-12(7-9-14)19(21,22)23/h2-9,13H,1,10-11H2,(H,24,26). The molecule has 1 aliphatic rings. The third-order valence-electron chi connectivity index (χ3n) is 4.28. The van der Waals surface area contributed by atoms with Gasteiger partial charge < -0.3 is 10.2 Å². The van der Waals surface area contributed by atoms with Crippen LogP contribution in [0, 0.1) is 5.82 Å². The molecule has 1 heterocycles. The number of fused-ring (bicyclic) bond motifs is 1. The minimum Gasteiger partial charge on any atom is -0.348 e. The Morgan fingerprint density at radius 2 is 1.88 bits per heavy atom. The molecule has 7 heteroatoms. The summed E-state index contributed by atoms with van der Waals surface area (Å²) in [5.74, 6) is -0.806. The summed E-state index contributed by atoms with van der Waals surface area (Å²) in [4.78, 5) is 13.3. The third-order valence-corrected chi connectivity index (χ3v) is 4.28. The summed E-state index contributed by atoms with van der Waals surface area (Å²) in [6.07, 6.45) is -3.01. The predicted octanol–water partition coefficient (Wildman–Crippen LogP) is 4.21. The first-order valence-corrected chi connectivity index (χ1v) is 7.94. The fraction of sp³-hybridized carbons (Fsp3) is 0.211. The molecule has 0 fully saturated rings. The Morgan fingerprint density at radius 3 is 2.50 bits per heavy atom. The molecule has 1 aliphatic heterocycles. The number of carbonyl (C=O) groups is 1. The number of benzene rings is 2. The van der Waals surface area contributed by atoms with Crippen molar-refractivity contribution in [1.82, 2.24) is 5.32 Å². The molecule has 1 amide bonds. The van der Waals surface area contributed by atoms with Crippen molar-refractivity contribution in [2.24, 2.45) is 0 Å². The minimum atomic E-state index is -4.43. The van der Waals surface area contributed by atoms with Crippen LogP contribution in [-0.2, 0) is 17.4 Å². The molecule has 1 atom stereocenters. The number of nitrogens with one attached hydrogen (secondary N) is 1. The highest BCUT2D eigenvalue weighted by atomic mass is 19.4. The number of hydrogen-bond donors (Lipinski definition) is 1. The van der Waals surface area contributed by atoms with Gasteiger partial charge in [0, 0.05) is 23.5 Å². The lowest BCUT2D eigenvalue weighted by molar-refractivity contribution is -0.137. The Hall–Kier alpha value is -2.83. The topological polar surface area (TPSA) is 32.3 Å². The van der Waals surface area contributed by atoms with Gasteiger partial charge in [-0.1, -0.05) is 12.6 Å². The molecule has 3 rings (SSSR count). The van der Waals surface area contributed by atoms with Gasteiger partial charge in [0.1, 0.15) is 5.82 Å². The fourth-order valence-electron chi connectivity index (χ4n) is 3.06. The van der Waals surface area contributed by atoms with Crippen LogP contribution in [-0.4, -0.2) is 18.5 Å². The van der Waals surface area contributed by atoms with E-state index >= 15 is 0 Å². The van der Waals surface area contributed by atoms with Gasteiger partial charge in [-0.05, 0) is 48.9 Å². The number of alkyl halides is 3. The van der Waals surface area contributed by atoms with Gasteiger partial charge in [-0.15, -0.1) is 0 Å². The summed E-state index contributed by atoms with van der Waals surface area (Å²) in [7, 11) is 0. The van der Waals surface area contributed by atoms with Gasteiger partial charge in [-0.2, -0.15) is 13.2 Å². The van der Waals surface area contributed by atoms with Gasteiger partial charge in [0.25, 0.3) is 0 Å². The molecule has 1 unspecified atom stereocenters. The second-order valence-electron chi connectivity index (χ2n) is 6.01. The normalized spacial score (nSPS) is 16.8. The number of nitrogens with zero attached hydrogens (tertiary/aromatic N) is 1. The number of carbonyl (C=O) groups excluding carboxylic acids is 1. The number of anilines is 2. The molecule has 136 valence electrons. The summed E-state index contributed by atoms with van der Waals surface area (Å²) < 4.78 is 52.6. The average Bonchev–Trinajstić information content (AvgIpc) is 2.61. The van der Waals surface area contributed by atoms with E-state index in [9.17, 15) is 22.4 Å². The summed E-state index contributed by atoms with van der Waals surface area (Å²) in [5, 5.41) is 2.73. The van der Waals surface area contributed by atoms with E-state index in [0.717, 1.165) is 18.2 Å². The molecule has 1 N–H and O–H groups in total. The summed E-state index contributed by atoms with van der Waals surface area (Å²) in [5.41, 5.74) is 0.721. The average molecular weight is 364 g/mol. The second-order valence-corrected chi connectivity index (χ2v) is 6.01. The van der Waals surface area contributed by atoms with Crippen molar-refractivity contribution in [3.05, 3.63) is 72.1 Å². The molecule has 26 heavy (non-hydrogen) atoms. The van der Waals surface area contributed by atoms with E-state index in [1.807, 2.05) is 0 Å². The van der Waals surface area contributed by atoms with E-state index in [0.29, 0.717) is 29.9 Å². The molecule has 0 bridgehead atoms. The molecular formula is C19H16F4N2O. The first kappa shape index (κ1) is 18.0. The maximum atomic E-state index is 14.3. The van der Waals surface area contributed by atoms with Gasteiger partial charge in [0.05, 0.1) is 11.6 Å². The summed E-state index contributed by atoms with van der Waals surface area (Å²) in [6.45, 7) is 3.70. The lowest BCUT2D eigenvalue weighted by atomic mass is 9.96. The Morgan fingerprint density at radius 1 is 1.19 bits per heavy atom.